The summed E-state index contributed by atoms with van der Waals surface area (Å²) in [6.45, 7) is 5.77. The molecule has 1 aromatic carbocycles. The van der Waals surface area contributed by atoms with Crippen LogP contribution in [-0.2, 0) is 17.8 Å². The Hall–Kier alpha value is -2.51. The summed E-state index contributed by atoms with van der Waals surface area (Å²) < 4.78 is 13.6. The van der Waals surface area contributed by atoms with E-state index in [1.165, 1.54) is 5.56 Å². The lowest BCUT2D eigenvalue weighted by Gasteiger charge is -2.31. The van der Waals surface area contributed by atoms with Gasteiger partial charge in [0.2, 0.25) is 0 Å². The van der Waals surface area contributed by atoms with Gasteiger partial charge in [0.05, 0.1) is 0 Å². The number of guanidine groups is 1. The Labute approximate surface area is 180 Å². The Morgan fingerprint density at radius 1 is 1.20 bits per heavy atom. The molecule has 1 aromatic heterocycles. The van der Waals surface area contributed by atoms with Crippen LogP contribution in [0.3, 0.4) is 0 Å². The molecule has 0 saturated carbocycles. The molecule has 30 heavy (non-hydrogen) atoms. The first-order chi connectivity index (χ1) is 14.7. The Kier molecular flexibility index (Phi) is 9.05. The number of ether oxygens (including phenoxy) is 2. The molecule has 0 spiro atoms. The van der Waals surface area contributed by atoms with Crippen molar-refractivity contribution in [3.8, 4) is 5.75 Å². The van der Waals surface area contributed by atoms with Crippen LogP contribution in [0.5, 0.6) is 5.75 Å². The lowest BCUT2D eigenvalue weighted by molar-refractivity contribution is 0.0392. The van der Waals surface area contributed by atoms with E-state index in [2.05, 4.69) is 56.7 Å². The van der Waals surface area contributed by atoms with Crippen LogP contribution in [0.2, 0.25) is 0 Å². The average Bonchev–Trinajstić information content (AvgIpc) is 3.30. The Morgan fingerprint density at radius 2 is 2.00 bits per heavy atom. The molecular formula is C23H35N5O2. The summed E-state index contributed by atoms with van der Waals surface area (Å²) in [5.41, 5.74) is 1.17. The molecule has 3 rings (SSSR count). The number of hydrogen-bond donors (Lipinski definition) is 2. The van der Waals surface area contributed by atoms with Crippen molar-refractivity contribution < 1.29 is 9.47 Å². The van der Waals surface area contributed by atoms with E-state index in [-0.39, 0.29) is 0 Å². The largest absolute Gasteiger partial charge is 0.492 e. The van der Waals surface area contributed by atoms with E-state index in [9.17, 15) is 0 Å². The summed E-state index contributed by atoms with van der Waals surface area (Å²) in [4.78, 5) is 6.68. The zero-order chi connectivity index (χ0) is 21.0. The topological polar surface area (TPSA) is 63.0 Å². The molecule has 2 N–H and O–H groups in total. The quantitative estimate of drug-likeness (QED) is 0.462. The lowest BCUT2D eigenvalue weighted by atomic mass is 10.1. The van der Waals surface area contributed by atoms with Gasteiger partial charge in [-0.25, -0.2) is 0 Å². The maximum Gasteiger partial charge on any atom is 0.191 e. The van der Waals surface area contributed by atoms with Crippen molar-refractivity contribution in [3.63, 3.8) is 0 Å². The van der Waals surface area contributed by atoms with Crippen LogP contribution in [0.4, 0.5) is 0 Å². The summed E-state index contributed by atoms with van der Waals surface area (Å²) in [6.07, 6.45) is 6.34. The van der Waals surface area contributed by atoms with Crippen molar-refractivity contribution in [3.05, 3.63) is 54.4 Å². The SMILES string of the molecule is CN=C(NCCn1cccc1)NCc1cccc(OCCN(C)C2CCOCC2)c1. The first-order valence-electron chi connectivity index (χ1n) is 10.8. The number of nitrogens with one attached hydrogen (secondary N) is 2. The van der Waals surface area contributed by atoms with E-state index in [0.29, 0.717) is 19.2 Å². The van der Waals surface area contributed by atoms with Gasteiger partial charge >= 0.3 is 0 Å². The van der Waals surface area contributed by atoms with Gasteiger partial charge in [0, 0.05) is 64.9 Å². The van der Waals surface area contributed by atoms with Gasteiger partial charge in [-0.05, 0) is 49.7 Å². The van der Waals surface area contributed by atoms with Crippen LogP contribution in [0.1, 0.15) is 18.4 Å². The first kappa shape index (κ1) is 22.2. The minimum atomic E-state index is 0.606. The fourth-order valence-corrected chi connectivity index (χ4v) is 3.59. The van der Waals surface area contributed by atoms with Crippen molar-refractivity contribution in [2.24, 2.45) is 4.99 Å². The predicted octanol–water partition coefficient (Wildman–Crippen LogP) is 2.34. The summed E-state index contributed by atoms with van der Waals surface area (Å²) in [6, 6.07) is 12.9. The molecule has 0 radical (unpaired) electrons. The molecule has 1 aliphatic rings. The minimum Gasteiger partial charge on any atom is -0.492 e. The van der Waals surface area contributed by atoms with E-state index < -0.39 is 0 Å². The molecule has 1 aliphatic heterocycles. The van der Waals surface area contributed by atoms with Gasteiger partial charge in [-0.15, -0.1) is 0 Å². The number of nitrogens with zero attached hydrogens (tertiary/aromatic N) is 3. The molecule has 0 bridgehead atoms. The van der Waals surface area contributed by atoms with Crippen LogP contribution < -0.4 is 15.4 Å². The molecule has 1 saturated heterocycles. The van der Waals surface area contributed by atoms with Gasteiger partial charge in [-0.1, -0.05) is 12.1 Å². The van der Waals surface area contributed by atoms with Crippen molar-refractivity contribution in [1.82, 2.24) is 20.1 Å². The number of aromatic nitrogens is 1. The van der Waals surface area contributed by atoms with Gasteiger partial charge < -0.3 is 24.7 Å². The fraction of sp³-hybridized carbons (Fsp3) is 0.522. The molecule has 7 nitrogen and oxygen atoms in total. The smallest absolute Gasteiger partial charge is 0.191 e. The highest BCUT2D eigenvalue weighted by molar-refractivity contribution is 5.79. The zero-order valence-electron chi connectivity index (χ0n) is 18.2. The second kappa shape index (κ2) is 12.2. The molecule has 0 aliphatic carbocycles. The van der Waals surface area contributed by atoms with Gasteiger partial charge in [0.1, 0.15) is 12.4 Å². The van der Waals surface area contributed by atoms with Crippen LogP contribution in [0.15, 0.2) is 53.8 Å². The van der Waals surface area contributed by atoms with Crippen molar-refractivity contribution in [2.75, 3.05) is 47.0 Å². The third-order valence-corrected chi connectivity index (χ3v) is 5.44. The van der Waals surface area contributed by atoms with Crippen molar-refractivity contribution >= 4 is 5.96 Å². The van der Waals surface area contributed by atoms with E-state index in [1.807, 2.05) is 24.3 Å². The third kappa shape index (κ3) is 7.39. The number of rotatable bonds is 10. The number of hydrogen-bond acceptors (Lipinski definition) is 4. The maximum absolute atomic E-state index is 6.00. The van der Waals surface area contributed by atoms with E-state index in [1.54, 1.807) is 7.05 Å². The van der Waals surface area contributed by atoms with Crippen molar-refractivity contribution in [2.45, 2.75) is 32.0 Å². The fourth-order valence-electron chi connectivity index (χ4n) is 3.59. The van der Waals surface area contributed by atoms with E-state index >= 15 is 0 Å². The number of benzene rings is 1. The molecule has 0 amide bonds. The highest BCUT2D eigenvalue weighted by Crippen LogP contribution is 2.15. The summed E-state index contributed by atoms with van der Waals surface area (Å²) >= 11 is 0. The van der Waals surface area contributed by atoms with E-state index in [4.69, 9.17) is 9.47 Å². The molecule has 2 aromatic rings. The molecule has 164 valence electrons. The van der Waals surface area contributed by atoms with Crippen molar-refractivity contribution in [1.29, 1.82) is 0 Å². The summed E-state index contributed by atoms with van der Waals surface area (Å²) in [5.74, 6) is 1.71. The third-order valence-electron chi connectivity index (χ3n) is 5.44. The van der Waals surface area contributed by atoms with E-state index in [0.717, 1.165) is 57.4 Å². The number of aliphatic imine (C=N–C) groups is 1. The second-order valence-electron chi connectivity index (χ2n) is 7.59. The first-order valence-corrected chi connectivity index (χ1v) is 10.8. The average molecular weight is 414 g/mol. The lowest BCUT2D eigenvalue weighted by Crippen LogP contribution is -2.38. The highest BCUT2D eigenvalue weighted by Gasteiger charge is 2.17. The molecule has 0 atom stereocenters. The monoisotopic (exact) mass is 413 g/mol. The van der Waals surface area contributed by atoms with Gasteiger partial charge in [-0.3, -0.25) is 9.89 Å². The second-order valence-corrected chi connectivity index (χ2v) is 7.59. The van der Waals surface area contributed by atoms with Crippen LogP contribution in [-0.4, -0.2) is 68.5 Å². The number of likely N-dealkylation sites (N-methyl/N-ethyl adjacent to an activating group) is 1. The highest BCUT2D eigenvalue weighted by atomic mass is 16.5. The van der Waals surface area contributed by atoms with Gasteiger partial charge in [0.15, 0.2) is 5.96 Å². The normalized spacial score (nSPS) is 15.4. The molecular weight excluding hydrogens is 378 g/mol. The standard InChI is InChI=1S/C23H35N5O2/c1-24-23(25-10-13-28-11-3-4-12-28)26-19-20-6-5-7-22(18-20)30-17-14-27(2)21-8-15-29-16-9-21/h3-7,11-12,18,21H,8-10,13-17,19H2,1-2H3,(H2,24,25,26). The molecule has 1 fully saturated rings. The summed E-state index contributed by atoms with van der Waals surface area (Å²) in [5, 5.41) is 6.71. The van der Waals surface area contributed by atoms with Crippen LogP contribution >= 0.6 is 0 Å². The molecule has 7 heteroatoms. The Balaban J connectivity index is 1.37. The Morgan fingerprint density at radius 3 is 2.77 bits per heavy atom. The van der Waals surface area contributed by atoms with Gasteiger partial charge in [-0.2, -0.15) is 0 Å². The van der Waals surface area contributed by atoms with Crippen LogP contribution in [0.25, 0.3) is 0 Å². The molecule has 0 unspecified atom stereocenters. The predicted molar refractivity (Wildman–Crippen MR) is 121 cm³/mol. The van der Waals surface area contributed by atoms with Crippen LogP contribution in [0, 0.1) is 0 Å². The zero-order valence-corrected chi connectivity index (χ0v) is 18.2. The minimum absolute atomic E-state index is 0.606. The van der Waals surface area contributed by atoms with Gasteiger partial charge in [0.25, 0.3) is 0 Å². The molecule has 2 heterocycles. The maximum atomic E-state index is 6.00. The summed E-state index contributed by atoms with van der Waals surface area (Å²) in [7, 11) is 3.97. The Bertz CT molecular complexity index is 757.